The van der Waals surface area contributed by atoms with Crippen LogP contribution >= 0.6 is 0 Å². The molecule has 33 heavy (non-hydrogen) atoms. The highest BCUT2D eigenvalue weighted by Crippen LogP contribution is 2.31. The third-order valence-corrected chi connectivity index (χ3v) is 5.30. The van der Waals surface area contributed by atoms with Gasteiger partial charge in [0.15, 0.2) is 11.5 Å². The molecule has 8 nitrogen and oxygen atoms in total. The first kappa shape index (κ1) is 20.4. The quantitative estimate of drug-likeness (QED) is 0.493. The molecule has 0 fully saturated rings. The fraction of sp³-hybridized carbons (Fsp3) is 0.120. The van der Waals surface area contributed by atoms with Crippen LogP contribution in [0.4, 0.5) is 11.4 Å². The Hall–Kier alpha value is -4.46. The summed E-state index contributed by atoms with van der Waals surface area (Å²) >= 11 is 0. The fourth-order valence-corrected chi connectivity index (χ4v) is 3.51. The molecule has 164 valence electrons. The van der Waals surface area contributed by atoms with Crippen LogP contribution < -0.4 is 20.1 Å². The van der Waals surface area contributed by atoms with Crippen molar-refractivity contribution in [3.8, 4) is 11.5 Å². The standard InChI is InChI=1S/C25H20N4O4/c1-15-2-4-19(28-24(30)17-3-5-22-23(11-17)33-9-8-32-22)12-20(15)29-25(31)18-10-16-6-7-26-14-21(16)27-13-18/h2-7,10-14H,8-9H2,1H3,(H,28,30)(H,29,31). The Kier molecular flexibility index (Phi) is 5.32. The van der Waals surface area contributed by atoms with Gasteiger partial charge in [-0.05, 0) is 55.0 Å². The van der Waals surface area contributed by atoms with Gasteiger partial charge in [0.1, 0.15) is 13.2 Å². The van der Waals surface area contributed by atoms with Crippen LogP contribution in [0.5, 0.6) is 11.5 Å². The van der Waals surface area contributed by atoms with Gasteiger partial charge in [0.25, 0.3) is 11.8 Å². The van der Waals surface area contributed by atoms with Crippen molar-refractivity contribution in [2.24, 2.45) is 0 Å². The normalized spacial score (nSPS) is 12.3. The summed E-state index contributed by atoms with van der Waals surface area (Å²) in [7, 11) is 0. The lowest BCUT2D eigenvalue weighted by atomic mass is 10.1. The number of fused-ring (bicyclic) bond motifs is 2. The van der Waals surface area contributed by atoms with Gasteiger partial charge in [-0.15, -0.1) is 0 Å². The molecule has 1 aliphatic heterocycles. The summed E-state index contributed by atoms with van der Waals surface area (Å²) in [5.41, 5.74) is 3.60. The number of hydrogen-bond acceptors (Lipinski definition) is 6. The number of rotatable bonds is 4. The van der Waals surface area contributed by atoms with Gasteiger partial charge in [0, 0.05) is 34.7 Å². The van der Waals surface area contributed by atoms with Crippen LogP contribution in [0.15, 0.2) is 67.1 Å². The fourth-order valence-electron chi connectivity index (χ4n) is 3.51. The molecule has 0 bridgehead atoms. The minimum atomic E-state index is -0.292. The number of ether oxygens (including phenoxy) is 2. The number of nitrogens with one attached hydrogen (secondary N) is 2. The maximum atomic E-state index is 12.8. The maximum absolute atomic E-state index is 12.8. The molecule has 3 heterocycles. The highest BCUT2D eigenvalue weighted by atomic mass is 16.6. The van der Waals surface area contributed by atoms with E-state index in [9.17, 15) is 9.59 Å². The van der Waals surface area contributed by atoms with E-state index in [-0.39, 0.29) is 11.8 Å². The Morgan fingerprint density at radius 2 is 1.67 bits per heavy atom. The van der Waals surface area contributed by atoms with Crippen molar-refractivity contribution in [1.29, 1.82) is 0 Å². The molecular formula is C25H20N4O4. The summed E-state index contributed by atoms with van der Waals surface area (Å²) in [6, 6.07) is 14.0. The van der Waals surface area contributed by atoms with Gasteiger partial charge in [0.05, 0.1) is 17.3 Å². The summed E-state index contributed by atoms with van der Waals surface area (Å²) < 4.78 is 11.0. The zero-order valence-corrected chi connectivity index (χ0v) is 17.8. The van der Waals surface area contributed by atoms with Crippen LogP contribution in [-0.2, 0) is 0 Å². The lowest BCUT2D eigenvalue weighted by molar-refractivity contribution is 0.101. The smallest absolute Gasteiger partial charge is 0.257 e. The second kappa shape index (κ2) is 8.58. The Morgan fingerprint density at radius 1 is 0.848 bits per heavy atom. The summed E-state index contributed by atoms with van der Waals surface area (Å²) in [6.07, 6.45) is 4.82. The number of amides is 2. The van der Waals surface area contributed by atoms with Crippen molar-refractivity contribution >= 4 is 34.1 Å². The molecule has 2 aromatic heterocycles. The molecule has 1 aliphatic rings. The second-order valence-electron chi connectivity index (χ2n) is 7.59. The van der Waals surface area contributed by atoms with Crippen LogP contribution in [0, 0.1) is 6.92 Å². The van der Waals surface area contributed by atoms with Crippen molar-refractivity contribution in [2.75, 3.05) is 23.8 Å². The summed E-state index contributed by atoms with van der Waals surface area (Å²) in [4.78, 5) is 33.9. The number of hydrogen-bond donors (Lipinski definition) is 2. The zero-order chi connectivity index (χ0) is 22.8. The minimum Gasteiger partial charge on any atom is -0.486 e. The van der Waals surface area contributed by atoms with Crippen LogP contribution in [0.2, 0.25) is 0 Å². The number of carbonyl (C=O) groups is 2. The van der Waals surface area contributed by atoms with E-state index in [4.69, 9.17) is 9.47 Å². The maximum Gasteiger partial charge on any atom is 0.257 e. The van der Waals surface area contributed by atoms with E-state index in [2.05, 4.69) is 20.6 Å². The molecule has 2 amide bonds. The Morgan fingerprint density at radius 3 is 2.55 bits per heavy atom. The molecule has 2 aromatic carbocycles. The van der Waals surface area contributed by atoms with E-state index in [1.165, 1.54) is 6.20 Å². The van der Waals surface area contributed by atoms with Gasteiger partial charge in [-0.25, -0.2) is 0 Å². The first-order chi connectivity index (χ1) is 16.1. The van der Waals surface area contributed by atoms with Crippen molar-refractivity contribution in [2.45, 2.75) is 6.92 Å². The topological polar surface area (TPSA) is 102 Å². The van der Waals surface area contributed by atoms with Crippen LogP contribution in [0.25, 0.3) is 10.9 Å². The van der Waals surface area contributed by atoms with Gasteiger partial charge < -0.3 is 20.1 Å². The van der Waals surface area contributed by atoms with Crippen molar-refractivity contribution in [3.05, 3.63) is 83.8 Å². The van der Waals surface area contributed by atoms with Crippen molar-refractivity contribution in [1.82, 2.24) is 9.97 Å². The number of benzene rings is 2. The number of pyridine rings is 2. The molecule has 0 saturated carbocycles. The zero-order valence-electron chi connectivity index (χ0n) is 17.8. The summed E-state index contributed by atoms with van der Waals surface area (Å²) in [5, 5.41) is 6.60. The SMILES string of the molecule is Cc1ccc(NC(=O)c2ccc3c(c2)OCCO3)cc1NC(=O)c1cnc2cnccc2c1. The van der Waals surface area contributed by atoms with Crippen LogP contribution in [-0.4, -0.2) is 35.0 Å². The number of carbonyl (C=O) groups excluding carboxylic acids is 2. The predicted molar refractivity (Wildman–Crippen MR) is 124 cm³/mol. The average Bonchev–Trinajstić information content (AvgIpc) is 2.85. The van der Waals surface area contributed by atoms with Gasteiger partial charge >= 0.3 is 0 Å². The molecule has 5 rings (SSSR count). The summed E-state index contributed by atoms with van der Waals surface area (Å²) in [6.45, 7) is 2.82. The lowest BCUT2D eigenvalue weighted by Gasteiger charge is -2.18. The number of aromatic nitrogens is 2. The highest BCUT2D eigenvalue weighted by Gasteiger charge is 2.16. The molecule has 4 aromatic rings. The first-order valence-corrected chi connectivity index (χ1v) is 10.4. The van der Waals surface area contributed by atoms with Gasteiger partial charge in [-0.1, -0.05) is 6.07 Å². The Bertz CT molecular complexity index is 1390. The largest absolute Gasteiger partial charge is 0.486 e. The molecular weight excluding hydrogens is 420 g/mol. The highest BCUT2D eigenvalue weighted by molar-refractivity contribution is 6.07. The third-order valence-electron chi connectivity index (χ3n) is 5.30. The van der Waals surface area contributed by atoms with Gasteiger partial charge in [-0.2, -0.15) is 0 Å². The van der Waals surface area contributed by atoms with Crippen LogP contribution in [0.1, 0.15) is 26.3 Å². The third kappa shape index (κ3) is 4.31. The Balaban J connectivity index is 1.33. The van der Waals surface area contributed by atoms with E-state index in [0.29, 0.717) is 52.7 Å². The summed E-state index contributed by atoms with van der Waals surface area (Å²) in [5.74, 6) is 0.586. The number of anilines is 2. The molecule has 0 aliphatic carbocycles. The molecule has 0 spiro atoms. The van der Waals surface area contributed by atoms with E-state index in [1.807, 2.05) is 13.0 Å². The number of nitrogens with zero attached hydrogens (tertiary/aromatic N) is 2. The first-order valence-electron chi connectivity index (χ1n) is 10.4. The lowest BCUT2D eigenvalue weighted by Crippen LogP contribution is -2.17. The van der Waals surface area contributed by atoms with Gasteiger partial charge in [-0.3, -0.25) is 19.6 Å². The molecule has 2 N–H and O–H groups in total. The monoisotopic (exact) mass is 440 g/mol. The van der Waals surface area contributed by atoms with Gasteiger partial charge in [0.2, 0.25) is 0 Å². The van der Waals surface area contributed by atoms with E-state index < -0.39 is 0 Å². The molecule has 0 atom stereocenters. The number of aryl methyl sites for hydroxylation is 1. The predicted octanol–water partition coefficient (Wildman–Crippen LogP) is 4.21. The molecule has 0 unspecified atom stereocenters. The van der Waals surface area contributed by atoms with Crippen molar-refractivity contribution in [3.63, 3.8) is 0 Å². The van der Waals surface area contributed by atoms with Crippen molar-refractivity contribution < 1.29 is 19.1 Å². The second-order valence-corrected chi connectivity index (χ2v) is 7.59. The molecule has 0 saturated heterocycles. The van der Waals surface area contributed by atoms with E-state index in [0.717, 1.165) is 10.9 Å². The van der Waals surface area contributed by atoms with E-state index in [1.54, 1.807) is 54.9 Å². The van der Waals surface area contributed by atoms with Crippen LogP contribution in [0.3, 0.4) is 0 Å². The molecule has 0 radical (unpaired) electrons. The Labute approximate surface area is 189 Å². The minimum absolute atomic E-state index is 0.291. The molecule has 8 heteroatoms. The average molecular weight is 440 g/mol. The van der Waals surface area contributed by atoms with E-state index >= 15 is 0 Å².